The number of benzene rings is 4. The highest BCUT2D eigenvalue weighted by Crippen LogP contribution is 2.38. The predicted molar refractivity (Wildman–Crippen MR) is 167 cm³/mol. The van der Waals surface area contributed by atoms with Gasteiger partial charge in [-0.05, 0) is 67.4 Å². The first-order chi connectivity index (χ1) is 20.1. The van der Waals surface area contributed by atoms with Crippen LogP contribution in [0.2, 0.25) is 0 Å². The van der Waals surface area contributed by atoms with Gasteiger partial charge in [-0.15, -0.1) is 0 Å². The largest absolute Gasteiger partial charge is 0.309 e. The lowest BCUT2D eigenvalue weighted by Gasteiger charge is -2.15. The Morgan fingerprint density at radius 3 is 2.00 bits per heavy atom. The van der Waals surface area contributed by atoms with E-state index in [2.05, 4.69) is 20.7 Å². The molecule has 0 atom stereocenters. The van der Waals surface area contributed by atoms with E-state index in [9.17, 15) is 16.8 Å². The first kappa shape index (κ1) is 28.1. The van der Waals surface area contributed by atoms with Gasteiger partial charge in [0, 0.05) is 11.0 Å². The van der Waals surface area contributed by atoms with Gasteiger partial charge in [0.15, 0.2) is 5.65 Å². The number of hydrogen-bond donors (Lipinski definition) is 1. The molecule has 1 N–H and O–H groups in total. The van der Waals surface area contributed by atoms with Crippen LogP contribution in [0.15, 0.2) is 122 Å². The first-order valence-electron chi connectivity index (χ1n) is 13.1. The van der Waals surface area contributed by atoms with Gasteiger partial charge in [-0.3, -0.25) is 4.72 Å². The van der Waals surface area contributed by atoms with E-state index in [1.54, 1.807) is 47.0 Å². The summed E-state index contributed by atoms with van der Waals surface area (Å²) in [6.45, 7) is 2.11. The number of anilines is 1. The predicted octanol–water partition coefficient (Wildman–Crippen LogP) is 6.53. The lowest BCUT2D eigenvalue weighted by Crippen LogP contribution is -2.19. The molecule has 0 aliphatic heterocycles. The summed E-state index contributed by atoms with van der Waals surface area (Å²) >= 11 is 3.33. The van der Waals surface area contributed by atoms with Crippen molar-refractivity contribution >= 4 is 63.8 Å². The van der Waals surface area contributed by atoms with E-state index >= 15 is 0 Å². The van der Waals surface area contributed by atoms with Crippen molar-refractivity contribution < 1.29 is 16.8 Å². The Morgan fingerprint density at radius 2 is 1.33 bits per heavy atom. The molecule has 0 spiro atoms. The van der Waals surface area contributed by atoms with Crippen LogP contribution in [0.5, 0.6) is 0 Å². The van der Waals surface area contributed by atoms with Crippen LogP contribution in [-0.2, 0) is 32.8 Å². The molecule has 0 saturated heterocycles. The van der Waals surface area contributed by atoms with Crippen molar-refractivity contribution in [1.29, 1.82) is 0 Å². The zero-order valence-electron chi connectivity index (χ0n) is 22.4. The standard InChI is InChI=1S/C31H25BrN4O4S2/c1-21-11-15-24(16-12-21)41(37,38)29-28-30(34-27-10-6-5-9-26(27)33-28)36(20-19-22-7-3-2-4-8-22)31(29)35-42(39,40)25-17-13-23(32)14-18-25/h2-18,35H,19-20H2,1H3. The van der Waals surface area contributed by atoms with Crippen molar-refractivity contribution in [2.24, 2.45) is 0 Å². The average molecular weight is 662 g/mol. The molecule has 0 aliphatic carbocycles. The van der Waals surface area contributed by atoms with E-state index in [4.69, 9.17) is 9.97 Å². The summed E-state index contributed by atoms with van der Waals surface area (Å²) < 4.78 is 61.1. The molecule has 0 unspecified atom stereocenters. The van der Waals surface area contributed by atoms with E-state index < -0.39 is 19.9 Å². The maximum Gasteiger partial charge on any atom is 0.263 e. The number of aryl methyl sites for hydroxylation is 3. The monoisotopic (exact) mass is 660 g/mol. The minimum Gasteiger partial charge on any atom is -0.309 e. The van der Waals surface area contributed by atoms with Crippen LogP contribution >= 0.6 is 15.9 Å². The fourth-order valence-electron chi connectivity index (χ4n) is 4.77. The molecule has 42 heavy (non-hydrogen) atoms. The van der Waals surface area contributed by atoms with Crippen LogP contribution < -0.4 is 4.72 Å². The molecule has 0 amide bonds. The number of nitrogens with zero attached hydrogens (tertiary/aromatic N) is 3. The minimum atomic E-state index is -4.26. The third-order valence-corrected chi connectivity index (χ3v) is 10.6. The average Bonchev–Trinajstić information content (AvgIpc) is 3.27. The van der Waals surface area contributed by atoms with E-state index in [0.29, 0.717) is 21.9 Å². The lowest BCUT2D eigenvalue weighted by molar-refractivity contribution is 0.596. The van der Waals surface area contributed by atoms with Crippen molar-refractivity contribution in [3.05, 3.63) is 119 Å². The fraction of sp³-hybridized carbons (Fsp3) is 0.0968. The van der Waals surface area contributed by atoms with Crippen LogP contribution in [0, 0.1) is 6.92 Å². The summed E-state index contributed by atoms with van der Waals surface area (Å²) in [4.78, 5) is 9.30. The maximum atomic E-state index is 14.3. The Hall–Kier alpha value is -4.06. The third kappa shape index (κ3) is 5.31. The molecule has 8 nitrogen and oxygen atoms in total. The highest BCUT2D eigenvalue weighted by Gasteiger charge is 2.33. The second-order valence-corrected chi connectivity index (χ2v) is 14.3. The number of fused-ring (bicyclic) bond motifs is 2. The second-order valence-electron chi connectivity index (χ2n) is 9.83. The number of para-hydroxylation sites is 2. The molecule has 2 aromatic heterocycles. The maximum absolute atomic E-state index is 14.3. The molecule has 212 valence electrons. The Balaban J connectivity index is 1.64. The molecular formula is C31H25BrN4O4S2. The molecular weight excluding hydrogens is 636 g/mol. The summed E-state index contributed by atoms with van der Waals surface area (Å²) in [6.07, 6.45) is 0.496. The van der Waals surface area contributed by atoms with Crippen molar-refractivity contribution in [3.63, 3.8) is 0 Å². The first-order valence-corrected chi connectivity index (χ1v) is 16.8. The van der Waals surface area contributed by atoms with Gasteiger partial charge in [-0.1, -0.05) is 76.1 Å². The number of halogens is 1. The molecule has 4 aromatic carbocycles. The van der Waals surface area contributed by atoms with Crippen molar-refractivity contribution in [3.8, 4) is 0 Å². The van der Waals surface area contributed by atoms with Crippen LogP contribution in [0.1, 0.15) is 11.1 Å². The Kier molecular flexibility index (Phi) is 7.34. The number of sulfone groups is 1. The number of aromatic nitrogens is 3. The molecule has 6 aromatic rings. The fourth-order valence-corrected chi connectivity index (χ4v) is 7.71. The highest BCUT2D eigenvalue weighted by atomic mass is 79.9. The Labute approximate surface area is 252 Å². The molecule has 0 saturated carbocycles. The summed E-state index contributed by atoms with van der Waals surface area (Å²) in [5, 5.41) is 0. The van der Waals surface area contributed by atoms with Crippen LogP contribution in [0.3, 0.4) is 0 Å². The zero-order valence-corrected chi connectivity index (χ0v) is 25.6. The molecule has 0 radical (unpaired) electrons. The quantitative estimate of drug-likeness (QED) is 0.199. The van der Waals surface area contributed by atoms with Gasteiger partial charge in [0.2, 0.25) is 9.84 Å². The summed E-state index contributed by atoms with van der Waals surface area (Å²) in [7, 11) is -8.48. The topological polar surface area (TPSA) is 111 Å². The second kappa shape index (κ2) is 11.0. The van der Waals surface area contributed by atoms with Gasteiger partial charge in [0.25, 0.3) is 10.0 Å². The number of hydrogen-bond acceptors (Lipinski definition) is 6. The van der Waals surface area contributed by atoms with Gasteiger partial charge < -0.3 is 4.57 Å². The van der Waals surface area contributed by atoms with Crippen molar-refractivity contribution in [2.75, 3.05) is 4.72 Å². The highest BCUT2D eigenvalue weighted by molar-refractivity contribution is 9.10. The van der Waals surface area contributed by atoms with E-state index in [1.807, 2.05) is 43.3 Å². The van der Waals surface area contributed by atoms with Gasteiger partial charge in [0.05, 0.1) is 20.8 Å². The van der Waals surface area contributed by atoms with Gasteiger partial charge in [-0.25, -0.2) is 26.8 Å². The number of sulfonamides is 1. The van der Waals surface area contributed by atoms with Crippen molar-refractivity contribution in [1.82, 2.24) is 14.5 Å². The molecule has 0 aliphatic rings. The SMILES string of the molecule is Cc1ccc(S(=O)(=O)c2c(NS(=O)(=O)c3ccc(Br)cc3)n(CCc3ccccc3)c3nc4ccccc4nc23)cc1. The van der Waals surface area contributed by atoms with Gasteiger partial charge in [-0.2, -0.15) is 0 Å². The Bertz CT molecular complexity index is 2150. The normalized spacial score (nSPS) is 12.1. The lowest BCUT2D eigenvalue weighted by atomic mass is 10.1. The Morgan fingerprint density at radius 1 is 0.738 bits per heavy atom. The molecule has 0 bridgehead atoms. The zero-order chi connectivity index (χ0) is 29.5. The van der Waals surface area contributed by atoms with Crippen LogP contribution in [0.4, 0.5) is 5.82 Å². The summed E-state index contributed by atoms with van der Waals surface area (Å²) in [5.41, 5.74) is 3.30. The molecule has 11 heteroatoms. The number of rotatable bonds is 8. The minimum absolute atomic E-state index is 0.0182. The van der Waals surface area contributed by atoms with Crippen LogP contribution in [-0.4, -0.2) is 31.4 Å². The summed E-state index contributed by atoms with van der Waals surface area (Å²) in [5.74, 6) is -0.111. The molecule has 2 heterocycles. The molecule has 6 rings (SSSR count). The van der Waals surface area contributed by atoms with Crippen molar-refractivity contribution in [2.45, 2.75) is 34.6 Å². The van der Waals surface area contributed by atoms with E-state index in [-0.39, 0.29) is 38.2 Å². The third-order valence-electron chi connectivity index (χ3n) is 6.93. The smallest absolute Gasteiger partial charge is 0.263 e. The van der Waals surface area contributed by atoms with E-state index in [1.165, 1.54) is 24.3 Å². The number of nitrogens with one attached hydrogen (secondary N) is 1. The molecule has 0 fully saturated rings. The van der Waals surface area contributed by atoms with Crippen LogP contribution in [0.25, 0.3) is 22.2 Å². The van der Waals surface area contributed by atoms with E-state index in [0.717, 1.165) is 11.1 Å². The summed E-state index contributed by atoms with van der Waals surface area (Å²) in [6, 6.07) is 29.4. The van der Waals surface area contributed by atoms with Gasteiger partial charge in [0.1, 0.15) is 16.2 Å². The van der Waals surface area contributed by atoms with Gasteiger partial charge >= 0.3 is 0 Å².